The van der Waals surface area contributed by atoms with E-state index in [1.165, 1.54) is 0 Å². The van der Waals surface area contributed by atoms with Crippen LogP contribution in [0.2, 0.25) is 0 Å². The molecule has 1 atom stereocenters. The van der Waals surface area contributed by atoms with Gasteiger partial charge in [0.25, 0.3) is 0 Å². The monoisotopic (exact) mass is 368 g/mol. The maximum Gasteiger partial charge on any atom is 0.227 e. The molecule has 2 amide bonds. The van der Waals surface area contributed by atoms with Crippen LogP contribution in [0.15, 0.2) is 28.7 Å². The summed E-state index contributed by atoms with van der Waals surface area (Å²) >= 11 is 3.41. The molecule has 2 rings (SSSR count). The summed E-state index contributed by atoms with van der Waals surface area (Å²) < 4.78 is 5.92. The number of rotatable bonds is 6. The molecule has 0 spiro atoms. The van der Waals surface area contributed by atoms with Crippen LogP contribution in [-0.2, 0) is 14.3 Å². The number of carbonyl (C=O) groups is 2. The van der Waals surface area contributed by atoms with Crippen molar-refractivity contribution in [1.29, 1.82) is 0 Å². The molecule has 1 heterocycles. The quantitative estimate of drug-likeness (QED) is 0.723. The average molecular weight is 369 g/mol. The Balaban J connectivity index is 1.98. The van der Waals surface area contributed by atoms with Gasteiger partial charge in [-0.1, -0.05) is 22.0 Å². The van der Waals surface area contributed by atoms with Crippen LogP contribution in [0.25, 0.3) is 0 Å². The Morgan fingerprint density at radius 3 is 2.95 bits per heavy atom. The summed E-state index contributed by atoms with van der Waals surface area (Å²) in [5, 5.41) is 0. The number of carbonyl (C=O) groups excluding carboxylic acids is 2. The summed E-state index contributed by atoms with van der Waals surface area (Å²) in [6, 6.07) is 7.58. The number of anilines is 1. The summed E-state index contributed by atoms with van der Waals surface area (Å²) in [5.74, 6) is -0.234. The van der Waals surface area contributed by atoms with Gasteiger partial charge in [0.15, 0.2) is 0 Å². The molecule has 1 saturated heterocycles. The Hall–Kier alpha value is -1.40. The Labute approximate surface area is 139 Å². The standard InChI is InChI=1S/C16H21BrN2O3/c1-18(7-4-8-22-2)16(21)12-9-15(20)19(11-12)14-6-3-5-13(17)10-14/h3,5-6,10,12H,4,7-9,11H2,1-2H3. The fourth-order valence-corrected chi connectivity index (χ4v) is 3.02. The molecule has 0 N–H and O–H groups in total. The zero-order valence-corrected chi connectivity index (χ0v) is 14.5. The van der Waals surface area contributed by atoms with E-state index in [2.05, 4.69) is 15.9 Å². The van der Waals surface area contributed by atoms with E-state index in [1.807, 2.05) is 24.3 Å². The fraction of sp³-hybridized carbons (Fsp3) is 0.500. The minimum Gasteiger partial charge on any atom is -0.385 e. The molecule has 1 fully saturated rings. The fourth-order valence-electron chi connectivity index (χ4n) is 2.63. The third-order valence-electron chi connectivity index (χ3n) is 3.81. The van der Waals surface area contributed by atoms with E-state index in [4.69, 9.17) is 4.74 Å². The van der Waals surface area contributed by atoms with Gasteiger partial charge in [-0.15, -0.1) is 0 Å². The first-order valence-electron chi connectivity index (χ1n) is 7.32. The number of hydrogen-bond donors (Lipinski definition) is 0. The van der Waals surface area contributed by atoms with Crippen molar-refractivity contribution in [2.24, 2.45) is 5.92 Å². The van der Waals surface area contributed by atoms with Crippen LogP contribution < -0.4 is 4.90 Å². The molecular weight excluding hydrogens is 348 g/mol. The van der Waals surface area contributed by atoms with Crippen LogP contribution in [0.5, 0.6) is 0 Å². The van der Waals surface area contributed by atoms with E-state index < -0.39 is 0 Å². The van der Waals surface area contributed by atoms with Crippen LogP contribution in [-0.4, -0.2) is 50.6 Å². The first kappa shape index (κ1) is 17.0. The van der Waals surface area contributed by atoms with Crippen molar-refractivity contribution in [2.45, 2.75) is 12.8 Å². The van der Waals surface area contributed by atoms with Crippen LogP contribution in [0.4, 0.5) is 5.69 Å². The Morgan fingerprint density at radius 2 is 2.27 bits per heavy atom. The molecule has 0 radical (unpaired) electrons. The smallest absolute Gasteiger partial charge is 0.227 e. The van der Waals surface area contributed by atoms with Crippen molar-refractivity contribution >= 4 is 33.4 Å². The lowest BCUT2D eigenvalue weighted by Crippen LogP contribution is -2.35. The van der Waals surface area contributed by atoms with Gasteiger partial charge in [0, 0.05) is 50.4 Å². The third-order valence-corrected chi connectivity index (χ3v) is 4.31. The first-order chi connectivity index (χ1) is 10.5. The van der Waals surface area contributed by atoms with Crippen LogP contribution in [0.3, 0.4) is 0 Å². The number of benzene rings is 1. The lowest BCUT2D eigenvalue weighted by Gasteiger charge is -2.21. The van der Waals surface area contributed by atoms with Crippen molar-refractivity contribution in [2.75, 3.05) is 38.8 Å². The number of methoxy groups -OCH3 is 1. The van der Waals surface area contributed by atoms with E-state index in [-0.39, 0.29) is 24.2 Å². The summed E-state index contributed by atoms with van der Waals surface area (Å²) in [5.41, 5.74) is 0.830. The second-order valence-corrected chi connectivity index (χ2v) is 6.41. The number of ether oxygens (including phenoxy) is 1. The molecule has 1 aromatic carbocycles. The number of hydrogen-bond acceptors (Lipinski definition) is 3. The molecule has 1 aliphatic heterocycles. The van der Waals surface area contributed by atoms with E-state index in [0.717, 1.165) is 16.6 Å². The second kappa shape index (κ2) is 7.74. The van der Waals surface area contributed by atoms with Gasteiger partial charge in [-0.2, -0.15) is 0 Å². The average Bonchev–Trinajstić information content (AvgIpc) is 2.88. The Bertz CT molecular complexity index is 550. The summed E-state index contributed by atoms with van der Waals surface area (Å²) in [6.45, 7) is 1.72. The highest BCUT2D eigenvalue weighted by atomic mass is 79.9. The van der Waals surface area contributed by atoms with E-state index in [0.29, 0.717) is 19.7 Å². The molecule has 22 heavy (non-hydrogen) atoms. The van der Waals surface area contributed by atoms with Crippen molar-refractivity contribution in [3.05, 3.63) is 28.7 Å². The summed E-state index contributed by atoms with van der Waals surface area (Å²) in [7, 11) is 3.43. The lowest BCUT2D eigenvalue weighted by atomic mass is 10.1. The van der Waals surface area contributed by atoms with Crippen LogP contribution in [0.1, 0.15) is 12.8 Å². The molecule has 0 bridgehead atoms. The predicted molar refractivity (Wildman–Crippen MR) is 88.7 cm³/mol. The van der Waals surface area contributed by atoms with Crippen LogP contribution in [0, 0.1) is 5.92 Å². The highest BCUT2D eigenvalue weighted by Crippen LogP contribution is 2.28. The highest BCUT2D eigenvalue weighted by molar-refractivity contribution is 9.10. The molecule has 120 valence electrons. The maximum atomic E-state index is 12.4. The molecule has 0 aliphatic carbocycles. The van der Waals surface area contributed by atoms with E-state index >= 15 is 0 Å². The topological polar surface area (TPSA) is 49.9 Å². The van der Waals surface area contributed by atoms with Gasteiger partial charge in [-0.25, -0.2) is 0 Å². The highest BCUT2D eigenvalue weighted by Gasteiger charge is 2.36. The van der Waals surface area contributed by atoms with Crippen molar-refractivity contribution in [1.82, 2.24) is 4.90 Å². The van der Waals surface area contributed by atoms with Crippen molar-refractivity contribution in [3.63, 3.8) is 0 Å². The van der Waals surface area contributed by atoms with Gasteiger partial charge >= 0.3 is 0 Å². The van der Waals surface area contributed by atoms with Gasteiger partial charge in [0.05, 0.1) is 5.92 Å². The second-order valence-electron chi connectivity index (χ2n) is 5.49. The predicted octanol–water partition coefficient (Wildman–Crippen LogP) is 2.30. The maximum absolute atomic E-state index is 12.4. The minimum atomic E-state index is -0.265. The third kappa shape index (κ3) is 4.08. The SMILES string of the molecule is COCCCN(C)C(=O)C1CC(=O)N(c2cccc(Br)c2)C1. The molecule has 6 heteroatoms. The van der Waals surface area contributed by atoms with E-state index in [1.54, 1.807) is 24.0 Å². The molecule has 0 aromatic heterocycles. The van der Waals surface area contributed by atoms with Gasteiger partial charge in [0.2, 0.25) is 11.8 Å². The molecule has 5 nitrogen and oxygen atoms in total. The lowest BCUT2D eigenvalue weighted by molar-refractivity contribution is -0.134. The zero-order valence-electron chi connectivity index (χ0n) is 12.9. The first-order valence-corrected chi connectivity index (χ1v) is 8.12. The normalized spacial score (nSPS) is 17.9. The molecule has 1 aromatic rings. The summed E-state index contributed by atoms with van der Waals surface area (Å²) in [4.78, 5) is 28.0. The van der Waals surface area contributed by atoms with Gasteiger partial charge in [-0.3, -0.25) is 9.59 Å². The van der Waals surface area contributed by atoms with Crippen molar-refractivity contribution < 1.29 is 14.3 Å². The molecule has 0 saturated carbocycles. The molecule has 1 unspecified atom stereocenters. The number of halogens is 1. The largest absolute Gasteiger partial charge is 0.385 e. The Morgan fingerprint density at radius 1 is 1.50 bits per heavy atom. The number of nitrogens with zero attached hydrogens (tertiary/aromatic N) is 2. The van der Waals surface area contributed by atoms with Crippen molar-refractivity contribution in [3.8, 4) is 0 Å². The molecular formula is C16H21BrN2O3. The van der Waals surface area contributed by atoms with Gasteiger partial charge < -0.3 is 14.5 Å². The van der Waals surface area contributed by atoms with E-state index in [9.17, 15) is 9.59 Å². The van der Waals surface area contributed by atoms with Gasteiger partial charge in [-0.05, 0) is 24.6 Å². The van der Waals surface area contributed by atoms with Gasteiger partial charge in [0.1, 0.15) is 0 Å². The number of amides is 2. The minimum absolute atomic E-state index is 0.00161. The Kier molecular flexibility index (Phi) is 5.97. The van der Waals surface area contributed by atoms with Crippen LogP contribution >= 0.6 is 15.9 Å². The molecule has 1 aliphatic rings. The summed E-state index contributed by atoms with van der Waals surface area (Å²) in [6.07, 6.45) is 1.08. The zero-order chi connectivity index (χ0) is 16.1.